The third-order valence-corrected chi connectivity index (χ3v) is 3.76. The van der Waals surface area contributed by atoms with Crippen molar-refractivity contribution in [2.24, 2.45) is 0 Å². The van der Waals surface area contributed by atoms with E-state index in [-0.39, 0.29) is 5.78 Å². The van der Waals surface area contributed by atoms with Gasteiger partial charge in [0.25, 0.3) is 0 Å². The standard InChI is InChI=1S/C15H23N3O/c1-4-14(19)13-5-6-15(16-11-13)18-9-7-17(8-10-18)12(2)3/h5-6,11-12H,4,7-10H2,1-3H3. The molecule has 4 heteroatoms. The average molecular weight is 261 g/mol. The van der Waals surface area contributed by atoms with Gasteiger partial charge in [0.2, 0.25) is 0 Å². The molecule has 4 nitrogen and oxygen atoms in total. The van der Waals surface area contributed by atoms with Gasteiger partial charge in [-0.2, -0.15) is 0 Å². The lowest BCUT2D eigenvalue weighted by Gasteiger charge is -2.37. The van der Waals surface area contributed by atoms with E-state index < -0.39 is 0 Å². The fraction of sp³-hybridized carbons (Fsp3) is 0.600. The predicted molar refractivity (Wildman–Crippen MR) is 77.8 cm³/mol. The Balaban J connectivity index is 1.98. The van der Waals surface area contributed by atoms with Crippen molar-refractivity contribution in [2.75, 3.05) is 31.1 Å². The number of hydrogen-bond acceptors (Lipinski definition) is 4. The fourth-order valence-corrected chi connectivity index (χ4v) is 2.41. The van der Waals surface area contributed by atoms with Crippen LogP contribution in [0, 0.1) is 0 Å². The minimum atomic E-state index is 0.156. The molecule has 0 amide bonds. The van der Waals surface area contributed by atoms with Gasteiger partial charge in [0, 0.05) is 50.4 Å². The number of nitrogens with zero attached hydrogens (tertiary/aromatic N) is 3. The Kier molecular flexibility index (Phi) is 4.53. The number of carbonyl (C=O) groups excluding carboxylic acids is 1. The third kappa shape index (κ3) is 3.32. The number of ketones is 1. The molecule has 1 aliphatic rings. The van der Waals surface area contributed by atoms with Gasteiger partial charge in [-0.25, -0.2) is 4.98 Å². The molecule has 0 aromatic carbocycles. The summed E-state index contributed by atoms with van der Waals surface area (Å²) in [4.78, 5) is 20.8. The van der Waals surface area contributed by atoms with E-state index in [1.54, 1.807) is 6.20 Å². The zero-order valence-electron chi connectivity index (χ0n) is 12.1. The zero-order chi connectivity index (χ0) is 13.8. The van der Waals surface area contributed by atoms with Crippen LogP contribution in [-0.2, 0) is 0 Å². The van der Waals surface area contributed by atoms with Crippen LogP contribution in [-0.4, -0.2) is 47.9 Å². The monoisotopic (exact) mass is 261 g/mol. The van der Waals surface area contributed by atoms with Gasteiger partial charge in [0.15, 0.2) is 5.78 Å². The Morgan fingerprint density at radius 2 is 1.95 bits per heavy atom. The minimum absolute atomic E-state index is 0.156. The van der Waals surface area contributed by atoms with Gasteiger partial charge in [0.05, 0.1) is 0 Å². The smallest absolute Gasteiger partial charge is 0.164 e. The second-order valence-corrected chi connectivity index (χ2v) is 5.30. The van der Waals surface area contributed by atoms with Crippen molar-refractivity contribution in [2.45, 2.75) is 33.2 Å². The first-order valence-electron chi connectivity index (χ1n) is 7.10. The first-order chi connectivity index (χ1) is 9.11. The molecule has 104 valence electrons. The van der Waals surface area contributed by atoms with Crippen LogP contribution in [0.5, 0.6) is 0 Å². The van der Waals surface area contributed by atoms with E-state index in [1.165, 1.54) is 0 Å². The van der Waals surface area contributed by atoms with E-state index in [4.69, 9.17) is 0 Å². The van der Waals surface area contributed by atoms with E-state index >= 15 is 0 Å². The normalized spacial score (nSPS) is 16.9. The first kappa shape index (κ1) is 14.0. The van der Waals surface area contributed by atoms with E-state index in [0.717, 1.165) is 32.0 Å². The Morgan fingerprint density at radius 3 is 2.42 bits per heavy atom. The molecule has 1 aromatic rings. The molecular weight excluding hydrogens is 238 g/mol. The molecule has 19 heavy (non-hydrogen) atoms. The quantitative estimate of drug-likeness (QED) is 0.779. The van der Waals surface area contributed by atoms with Gasteiger partial charge in [-0.1, -0.05) is 6.92 Å². The highest BCUT2D eigenvalue weighted by Crippen LogP contribution is 2.15. The molecule has 0 bridgehead atoms. The molecule has 2 heterocycles. The highest BCUT2D eigenvalue weighted by molar-refractivity contribution is 5.95. The second kappa shape index (κ2) is 6.15. The summed E-state index contributed by atoms with van der Waals surface area (Å²) in [6, 6.07) is 4.47. The molecule has 2 rings (SSSR count). The van der Waals surface area contributed by atoms with Crippen molar-refractivity contribution in [3.8, 4) is 0 Å². The number of hydrogen-bond donors (Lipinski definition) is 0. The molecule has 0 N–H and O–H groups in total. The molecule has 1 fully saturated rings. The highest BCUT2D eigenvalue weighted by atomic mass is 16.1. The summed E-state index contributed by atoms with van der Waals surface area (Å²) < 4.78 is 0. The molecule has 1 aromatic heterocycles. The van der Waals surface area contributed by atoms with Crippen molar-refractivity contribution in [3.05, 3.63) is 23.9 Å². The van der Waals surface area contributed by atoms with E-state index in [0.29, 0.717) is 18.0 Å². The lowest BCUT2D eigenvalue weighted by Crippen LogP contribution is -2.49. The Morgan fingerprint density at radius 1 is 1.26 bits per heavy atom. The van der Waals surface area contributed by atoms with Crippen LogP contribution in [0.15, 0.2) is 18.3 Å². The lowest BCUT2D eigenvalue weighted by atomic mass is 10.1. The SMILES string of the molecule is CCC(=O)c1ccc(N2CCN(C(C)C)CC2)nc1. The Hall–Kier alpha value is -1.42. The van der Waals surface area contributed by atoms with Crippen LogP contribution < -0.4 is 4.90 Å². The van der Waals surface area contributed by atoms with Crippen LogP contribution in [0.2, 0.25) is 0 Å². The first-order valence-corrected chi connectivity index (χ1v) is 7.10. The Bertz CT molecular complexity index is 420. The summed E-state index contributed by atoms with van der Waals surface area (Å²) in [5.74, 6) is 1.14. The van der Waals surface area contributed by atoms with Gasteiger partial charge in [-0.05, 0) is 26.0 Å². The molecule has 0 spiro atoms. The maximum absolute atomic E-state index is 11.6. The van der Waals surface area contributed by atoms with Crippen LogP contribution >= 0.6 is 0 Å². The van der Waals surface area contributed by atoms with Crippen LogP contribution in [0.1, 0.15) is 37.6 Å². The van der Waals surface area contributed by atoms with Gasteiger partial charge >= 0.3 is 0 Å². The van der Waals surface area contributed by atoms with Gasteiger partial charge in [-0.3, -0.25) is 9.69 Å². The summed E-state index contributed by atoms with van der Waals surface area (Å²) in [6.45, 7) is 10.5. The molecule has 1 saturated heterocycles. The van der Waals surface area contributed by atoms with Crippen LogP contribution in [0.4, 0.5) is 5.82 Å². The van der Waals surface area contributed by atoms with E-state index in [9.17, 15) is 4.79 Å². The van der Waals surface area contributed by atoms with Gasteiger partial charge in [-0.15, -0.1) is 0 Å². The van der Waals surface area contributed by atoms with Crippen LogP contribution in [0.3, 0.4) is 0 Å². The largest absolute Gasteiger partial charge is 0.354 e. The molecule has 0 radical (unpaired) electrons. The summed E-state index contributed by atoms with van der Waals surface area (Å²) >= 11 is 0. The van der Waals surface area contributed by atoms with Crippen LogP contribution in [0.25, 0.3) is 0 Å². The topological polar surface area (TPSA) is 36.4 Å². The Labute approximate surface area is 115 Å². The van der Waals surface area contributed by atoms with E-state index in [1.807, 2.05) is 19.1 Å². The number of rotatable bonds is 4. The fourth-order valence-electron chi connectivity index (χ4n) is 2.41. The second-order valence-electron chi connectivity index (χ2n) is 5.30. The summed E-state index contributed by atoms with van der Waals surface area (Å²) in [5.41, 5.74) is 0.715. The van der Waals surface area contributed by atoms with E-state index in [2.05, 4.69) is 28.6 Å². The maximum atomic E-state index is 11.6. The lowest BCUT2D eigenvalue weighted by molar-refractivity contribution is 0.0988. The number of Topliss-reactive ketones (excluding diaryl/α,β-unsaturated/α-hetero) is 1. The number of anilines is 1. The van der Waals surface area contributed by atoms with Crippen molar-refractivity contribution in [3.63, 3.8) is 0 Å². The third-order valence-electron chi connectivity index (χ3n) is 3.76. The number of piperazine rings is 1. The van der Waals surface area contributed by atoms with Gasteiger partial charge in [0.1, 0.15) is 5.82 Å². The zero-order valence-corrected chi connectivity index (χ0v) is 12.1. The number of carbonyl (C=O) groups is 1. The average Bonchev–Trinajstić information content (AvgIpc) is 2.46. The van der Waals surface area contributed by atoms with Crippen molar-refractivity contribution >= 4 is 11.6 Å². The summed E-state index contributed by atoms with van der Waals surface area (Å²) in [6.07, 6.45) is 2.24. The highest BCUT2D eigenvalue weighted by Gasteiger charge is 2.19. The molecule has 1 aliphatic heterocycles. The van der Waals surface area contributed by atoms with Crippen molar-refractivity contribution < 1.29 is 4.79 Å². The molecule has 0 saturated carbocycles. The summed E-state index contributed by atoms with van der Waals surface area (Å²) in [5, 5.41) is 0. The van der Waals surface area contributed by atoms with Gasteiger partial charge < -0.3 is 4.90 Å². The summed E-state index contributed by atoms with van der Waals surface area (Å²) in [7, 11) is 0. The molecule has 0 unspecified atom stereocenters. The van der Waals surface area contributed by atoms with Crippen molar-refractivity contribution in [1.29, 1.82) is 0 Å². The maximum Gasteiger partial charge on any atom is 0.164 e. The molecule has 0 atom stereocenters. The molecule has 0 aliphatic carbocycles. The minimum Gasteiger partial charge on any atom is -0.354 e. The number of aromatic nitrogens is 1. The van der Waals surface area contributed by atoms with Crippen molar-refractivity contribution in [1.82, 2.24) is 9.88 Å². The molecular formula is C15H23N3O. The number of pyridine rings is 1. The predicted octanol–water partition coefficient (Wildman–Crippen LogP) is 2.20.